The normalized spacial score (nSPS) is 11.2. The van der Waals surface area contributed by atoms with Gasteiger partial charge in [-0.25, -0.2) is 4.98 Å². The molecule has 0 bridgehead atoms. The van der Waals surface area contributed by atoms with E-state index in [4.69, 9.17) is 28.3 Å². The SMILES string of the molecule is O=C(O)CCCCn1c(SCc2c(Cl)cccc2Cl)nc2ccsc2c1=O. The summed E-state index contributed by atoms with van der Waals surface area (Å²) in [6.45, 7) is 0.422. The maximum atomic E-state index is 12.8. The van der Waals surface area contributed by atoms with Crippen molar-refractivity contribution in [3.05, 3.63) is 55.6 Å². The van der Waals surface area contributed by atoms with Crippen LogP contribution in [0.4, 0.5) is 0 Å². The van der Waals surface area contributed by atoms with Crippen LogP contribution in [0.2, 0.25) is 10.0 Å². The lowest BCUT2D eigenvalue weighted by atomic mass is 10.2. The molecule has 0 amide bonds. The highest BCUT2D eigenvalue weighted by Crippen LogP contribution is 2.31. The number of unbranched alkanes of at least 4 members (excludes halogenated alkanes) is 1. The Morgan fingerprint density at radius 3 is 2.67 bits per heavy atom. The van der Waals surface area contributed by atoms with Crippen molar-refractivity contribution < 1.29 is 9.90 Å². The standard InChI is InChI=1S/C18H16Cl2N2O3S2/c19-12-4-3-5-13(20)11(12)10-27-18-21-14-7-9-26-16(14)17(25)22(18)8-2-1-6-15(23)24/h3-5,7,9H,1-2,6,8,10H2,(H,23,24). The molecular weight excluding hydrogens is 427 g/mol. The van der Waals surface area contributed by atoms with Gasteiger partial charge in [0.25, 0.3) is 5.56 Å². The minimum Gasteiger partial charge on any atom is -0.481 e. The van der Waals surface area contributed by atoms with Crippen LogP contribution in [0.1, 0.15) is 24.8 Å². The summed E-state index contributed by atoms with van der Waals surface area (Å²) in [6, 6.07) is 7.16. The van der Waals surface area contributed by atoms with Crippen LogP contribution in [0.3, 0.4) is 0 Å². The highest BCUT2D eigenvalue weighted by atomic mass is 35.5. The summed E-state index contributed by atoms with van der Waals surface area (Å²) in [5, 5.41) is 12.4. The van der Waals surface area contributed by atoms with Crippen molar-refractivity contribution in [2.75, 3.05) is 0 Å². The smallest absolute Gasteiger partial charge is 0.303 e. The number of nitrogens with zero attached hydrogens (tertiary/aromatic N) is 2. The Kier molecular flexibility index (Phi) is 6.81. The van der Waals surface area contributed by atoms with E-state index in [1.165, 1.54) is 23.1 Å². The first-order chi connectivity index (χ1) is 13.0. The Hall–Kier alpha value is -1.54. The molecule has 0 aliphatic rings. The average Bonchev–Trinajstić information content (AvgIpc) is 3.08. The van der Waals surface area contributed by atoms with Gasteiger partial charge in [0, 0.05) is 28.8 Å². The van der Waals surface area contributed by atoms with Gasteiger partial charge in [-0.3, -0.25) is 14.2 Å². The van der Waals surface area contributed by atoms with Crippen LogP contribution >= 0.6 is 46.3 Å². The fourth-order valence-corrected chi connectivity index (χ4v) is 5.13. The molecule has 0 atom stereocenters. The van der Waals surface area contributed by atoms with Gasteiger partial charge in [-0.05, 0) is 42.0 Å². The molecule has 0 spiro atoms. The first-order valence-electron chi connectivity index (χ1n) is 8.23. The van der Waals surface area contributed by atoms with Gasteiger partial charge in [0.05, 0.1) is 5.52 Å². The molecule has 0 saturated heterocycles. The Labute approximate surface area is 173 Å². The number of rotatable bonds is 8. The summed E-state index contributed by atoms with van der Waals surface area (Å²) in [7, 11) is 0. The number of aromatic nitrogens is 2. The minimum absolute atomic E-state index is 0.0845. The highest BCUT2D eigenvalue weighted by molar-refractivity contribution is 7.98. The quantitative estimate of drug-likeness (QED) is 0.290. The second-order valence-corrected chi connectivity index (χ2v) is 8.50. The van der Waals surface area contributed by atoms with Gasteiger partial charge in [-0.15, -0.1) is 11.3 Å². The Morgan fingerprint density at radius 2 is 1.96 bits per heavy atom. The molecule has 27 heavy (non-hydrogen) atoms. The van der Waals surface area contributed by atoms with E-state index in [0.717, 1.165) is 5.56 Å². The molecule has 0 radical (unpaired) electrons. The summed E-state index contributed by atoms with van der Waals surface area (Å²) < 4.78 is 2.23. The largest absolute Gasteiger partial charge is 0.481 e. The number of aliphatic carboxylic acids is 1. The van der Waals surface area contributed by atoms with Crippen molar-refractivity contribution in [1.82, 2.24) is 9.55 Å². The second kappa shape index (κ2) is 9.10. The molecule has 9 heteroatoms. The summed E-state index contributed by atoms with van der Waals surface area (Å²) in [5.74, 6) is -0.354. The van der Waals surface area contributed by atoms with E-state index in [9.17, 15) is 9.59 Å². The second-order valence-electron chi connectivity index (χ2n) is 5.83. The van der Waals surface area contributed by atoms with Gasteiger partial charge in [0.1, 0.15) is 4.70 Å². The van der Waals surface area contributed by atoms with E-state index >= 15 is 0 Å². The Morgan fingerprint density at radius 1 is 1.22 bits per heavy atom. The van der Waals surface area contributed by atoms with Crippen LogP contribution in [0, 0.1) is 0 Å². The lowest BCUT2D eigenvalue weighted by Crippen LogP contribution is -2.22. The summed E-state index contributed by atoms with van der Waals surface area (Å²) >= 11 is 15.2. The molecule has 0 aliphatic carbocycles. The monoisotopic (exact) mass is 442 g/mol. The zero-order chi connectivity index (χ0) is 19.4. The average molecular weight is 443 g/mol. The zero-order valence-corrected chi connectivity index (χ0v) is 17.3. The molecule has 0 unspecified atom stereocenters. The number of thiophene rings is 1. The van der Waals surface area contributed by atoms with Gasteiger partial charge in [0.15, 0.2) is 5.16 Å². The fraction of sp³-hybridized carbons (Fsp3) is 0.278. The van der Waals surface area contributed by atoms with E-state index in [-0.39, 0.29) is 12.0 Å². The Bertz CT molecular complexity index is 1010. The number of carboxylic acids is 1. The zero-order valence-electron chi connectivity index (χ0n) is 14.2. The predicted octanol–water partition coefficient (Wildman–Crippen LogP) is 5.31. The molecular formula is C18H16Cl2N2O3S2. The lowest BCUT2D eigenvalue weighted by molar-refractivity contribution is -0.137. The van der Waals surface area contributed by atoms with Gasteiger partial charge in [0.2, 0.25) is 0 Å². The third-order valence-electron chi connectivity index (χ3n) is 3.96. The number of fused-ring (bicyclic) bond motifs is 1. The van der Waals surface area contributed by atoms with Crippen LogP contribution in [0.5, 0.6) is 0 Å². The number of carbonyl (C=O) groups is 1. The summed E-state index contributed by atoms with van der Waals surface area (Å²) in [4.78, 5) is 28.2. The third kappa shape index (κ3) is 4.85. The Balaban J connectivity index is 1.87. The summed E-state index contributed by atoms with van der Waals surface area (Å²) in [5.41, 5.74) is 1.36. The van der Waals surface area contributed by atoms with Crippen LogP contribution in [-0.4, -0.2) is 20.6 Å². The lowest BCUT2D eigenvalue weighted by Gasteiger charge is -2.12. The topological polar surface area (TPSA) is 72.2 Å². The molecule has 142 valence electrons. The van der Waals surface area contributed by atoms with E-state index < -0.39 is 5.97 Å². The molecule has 2 heterocycles. The summed E-state index contributed by atoms with van der Waals surface area (Å²) in [6.07, 6.45) is 1.18. The fourth-order valence-electron chi connectivity index (χ4n) is 2.58. The number of thioether (sulfide) groups is 1. The van der Waals surface area contributed by atoms with E-state index in [1.807, 2.05) is 11.4 Å². The maximum Gasteiger partial charge on any atom is 0.303 e. The van der Waals surface area contributed by atoms with Gasteiger partial charge < -0.3 is 5.11 Å². The van der Waals surface area contributed by atoms with Crippen LogP contribution in [-0.2, 0) is 17.1 Å². The molecule has 1 N–H and O–H groups in total. The predicted molar refractivity (Wildman–Crippen MR) is 111 cm³/mol. The minimum atomic E-state index is -0.836. The third-order valence-corrected chi connectivity index (χ3v) is 6.56. The van der Waals surface area contributed by atoms with Gasteiger partial charge >= 0.3 is 5.97 Å². The number of hydrogen-bond acceptors (Lipinski definition) is 5. The van der Waals surface area contributed by atoms with E-state index in [1.54, 1.807) is 22.8 Å². The molecule has 3 rings (SSSR count). The first-order valence-corrected chi connectivity index (χ1v) is 10.8. The molecule has 0 saturated carbocycles. The molecule has 1 aromatic carbocycles. The van der Waals surface area contributed by atoms with E-state index in [2.05, 4.69) is 4.98 Å². The number of halogens is 2. The van der Waals surface area contributed by atoms with Gasteiger partial charge in [-0.2, -0.15) is 0 Å². The molecule has 5 nitrogen and oxygen atoms in total. The van der Waals surface area contributed by atoms with Crippen molar-refractivity contribution in [1.29, 1.82) is 0 Å². The molecule has 0 fully saturated rings. The number of carboxylic acid groups (broad SMARTS) is 1. The molecule has 2 aromatic heterocycles. The van der Waals surface area contributed by atoms with Crippen molar-refractivity contribution in [3.8, 4) is 0 Å². The molecule has 3 aromatic rings. The first kappa shape index (κ1) is 20.2. The highest BCUT2D eigenvalue weighted by Gasteiger charge is 2.14. The van der Waals surface area contributed by atoms with Crippen molar-refractivity contribution in [3.63, 3.8) is 0 Å². The van der Waals surface area contributed by atoms with Crippen molar-refractivity contribution in [2.45, 2.75) is 36.7 Å². The molecule has 0 aliphatic heterocycles. The number of benzene rings is 1. The maximum absolute atomic E-state index is 12.8. The van der Waals surface area contributed by atoms with E-state index in [0.29, 0.717) is 50.6 Å². The van der Waals surface area contributed by atoms with Crippen molar-refractivity contribution in [2.24, 2.45) is 0 Å². The van der Waals surface area contributed by atoms with Crippen LogP contribution < -0.4 is 5.56 Å². The van der Waals surface area contributed by atoms with Gasteiger partial charge in [-0.1, -0.05) is 41.0 Å². The van der Waals surface area contributed by atoms with Crippen LogP contribution in [0.15, 0.2) is 39.6 Å². The number of hydrogen-bond donors (Lipinski definition) is 1. The van der Waals surface area contributed by atoms with Crippen molar-refractivity contribution >= 4 is 62.5 Å². The van der Waals surface area contributed by atoms with Crippen LogP contribution in [0.25, 0.3) is 10.2 Å².